The Kier molecular flexibility index (Phi) is 23.4. The van der Waals surface area contributed by atoms with Crippen LogP contribution in [-0.4, -0.2) is 56.4 Å². The first kappa shape index (κ1) is 60.5. The van der Waals surface area contributed by atoms with Crippen molar-refractivity contribution in [2.75, 3.05) is 6.61 Å². The third-order valence-electron chi connectivity index (χ3n) is 8.30. The summed E-state index contributed by atoms with van der Waals surface area (Å²) in [6.45, 7) is 12.6. The van der Waals surface area contributed by atoms with Gasteiger partial charge in [0.2, 0.25) is 0 Å². The molecule has 0 fully saturated rings. The van der Waals surface area contributed by atoms with Crippen LogP contribution in [0.2, 0.25) is 0 Å². The minimum Gasteiger partial charge on any atom is -0.442 e. The number of hydroxylamine groups is 4. The highest BCUT2D eigenvalue weighted by Crippen LogP contribution is 2.25. The van der Waals surface area contributed by atoms with Crippen LogP contribution in [0, 0.1) is 75.2 Å². The van der Waals surface area contributed by atoms with E-state index in [1.165, 1.54) is 0 Å². The van der Waals surface area contributed by atoms with Crippen LogP contribution < -0.4 is 0 Å². The van der Waals surface area contributed by atoms with Gasteiger partial charge in [-0.05, 0) is 84.2 Å². The zero-order chi connectivity index (χ0) is 52.6. The number of hydrogen-bond acceptors (Lipinski definition) is 8. The van der Waals surface area contributed by atoms with Crippen molar-refractivity contribution < 1.29 is 91.7 Å². The smallest absolute Gasteiger partial charge is 0.442 e. The van der Waals surface area contributed by atoms with Gasteiger partial charge >= 0.3 is 12.2 Å². The summed E-state index contributed by atoms with van der Waals surface area (Å²) < 4.78 is 165. The number of ether oxygens (including phenoxy) is 2. The van der Waals surface area contributed by atoms with Gasteiger partial charge in [-0.1, -0.05) is 36.7 Å². The van der Waals surface area contributed by atoms with Crippen LogP contribution >= 0.6 is 15.9 Å². The molecule has 0 atom stereocenters. The van der Waals surface area contributed by atoms with Crippen molar-refractivity contribution in [2.24, 2.45) is 5.41 Å². The van der Waals surface area contributed by atoms with Crippen LogP contribution in [0.3, 0.4) is 0 Å². The molecule has 0 aromatic heterocycles. The summed E-state index contributed by atoms with van der Waals surface area (Å²) in [5.74, 6) is -14.2. The van der Waals surface area contributed by atoms with Crippen molar-refractivity contribution in [1.29, 1.82) is 0 Å². The molecule has 4 aromatic rings. The van der Waals surface area contributed by atoms with Gasteiger partial charge in [-0.2, -0.15) is 0 Å². The lowest BCUT2D eigenvalue weighted by Crippen LogP contribution is -2.39. The Bertz CT molecular complexity index is 2360. The number of carbonyl (C=O) groups is 3. The first-order valence-electron chi connectivity index (χ1n) is 19.8. The molecule has 4 rings (SSSR count). The molecule has 0 aliphatic rings. The number of rotatable bonds is 9. The molecular formula is C45H49BrF12N2O8. The molecule has 378 valence electrons. The van der Waals surface area contributed by atoms with Gasteiger partial charge in [0, 0.05) is 58.3 Å². The van der Waals surface area contributed by atoms with Crippen LogP contribution in [0.4, 0.5) is 62.3 Å². The molecular weight excluding hydrogens is 1000 g/mol. The highest BCUT2D eigenvalue weighted by atomic mass is 79.9. The second-order valence-corrected chi connectivity index (χ2v) is 17.3. The molecule has 0 saturated heterocycles. The zero-order valence-electron chi connectivity index (χ0n) is 38.0. The van der Waals surface area contributed by atoms with E-state index in [2.05, 4.69) is 15.9 Å². The molecule has 0 saturated carbocycles. The maximum absolute atomic E-state index is 13.9. The average Bonchev–Trinajstić information content (AvgIpc) is 3.20. The molecule has 0 aliphatic carbocycles. The maximum atomic E-state index is 13.9. The molecule has 0 radical (unpaired) electrons. The van der Waals surface area contributed by atoms with Crippen LogP contribution in [0.5, 0.6) is 0 Å². The number of hydrogen-bond donors (Lipinski definition) is 2. The molecule has 0 spiro atoms. The largest absolute Gasteiger partial charge is 0.534 e. The van der Waals surface area contributed by atoms with E-state index in [0.29, 0.717) is 41.8 Å². The van der Waals surface area contributed by atoms with Crippen molar-refractivity contribution in [3.63, 3.8) is 0 Å². The Balaban J connectivity index is 0.000000481. The highest BCUT2D eigenvalue weighted by Gasteiger charge is 2.32. The number of halogens is 13. The Morgan fingerprint density at radius 2 is 0.912 bits per heavy atom. The van der Waals surface area contributed by atoms with E-state index in [0.717, 1.165) is 18.2 Å². The number of carbonyl (C=O) groups excluding carboxylic acids is 3. The van der Waals surface area contributed by atoms with Crippen molar-refractivity contribution in [2.45, 2.75) is 105 Å². The van der Waals surface area contributed by atoms with Gasteiger partial charge in [0.05, 0.1) is 13.1 Å². The summed E-state index contributed by atoms with van der Waals surface area (Å²) in [5.41, 5.74) is -3.84. The summed E-state index contributed by atoms with van der Waals surface area (Å²) >= 11 is 2.90. The molecule has 4 aromatic carbocycles. The number of amides is 2. The Hall–Kier alpha value is -5.55. The van der Waals surface area contributed by atoms with Crippen LogP contribution in [0.15, 0.2) is 48.5 Å². The van der Waals surface area contributed by atoms with E-state index < -0.39 is 129 Å². The van der Waals surface area contributed by atoms with Gasteiger partial charge in [-0.25, -0.2) is 67.3 Å². The number of aliphatic hydroxyl groups is 1. The normalized spacial score (nSPS) is 11.2. The molecule has 2 amide bonds. The minimum atomic E-state index is -1.44. The number of benzene rings is 4. The van der Waals surface area contributed by atoms with Gasteiger partial charge in [-0.15, -0.1) is 5.06 Å². The van der Waals surface area contributed by atoms with Gasteiger partial charge in [0.15, 0.2) is 46.5 Å². The van der Waals surface area contributed by atoms with Crippen LogP contribution in [0.1, 0.15) is 91.0 Å². The van der Waals surface area contributed by atoms with Gasteiger partial charge in [-0.3, -0.25) is 14.8 Å². The fourth-order valence-electron chi connectivity index (χ4n) is 4.76. The van der Waals surface area contributed by atoms with Crippen molar-refractivity contribution >= 4 is 34.1 Å². The first-order valence-corrected chi connectivity index (χ1v) is 20.9. The highest BCUT2D eigenvalue weighted by molar-refractivity contribution is 9.08. The van der Waals surface area contributed by atoms with E-state index in [1.54, 1.807) is 62.3 Å². The van der Waals surface area contributed by atoms with Crippen molar-refractivity contribution in [1.82, 2.24) is 10.1 Å². The maximum Gasteiger partial charge on any atom is 0.534 e. The van der Waals surface area contributed by atoms with Crippen molar-refractivity contribution in [3.8, 4) is 0 Å². The minimum absolute atomic E-state index is 0.0116. The quantitative estimate of drug-likeness (QED) is 0.0424. The van der Waals surface area contributed by atoms with Crippen LogP contribution in [0.25, 0.3) is 0 Å². The van der Waals surface area contributed by atoms with E-state index in [9.17, 15) is 72.3 Å². The summed E-state index contributed by atoms with van der Waals surface area (Å²) in [4.78, 5) is 40.6. The van der Waals surface area contributed by atoms with Gasteiger partial charge in [0.25, 0.3) is 5.91 Å². The molecule has 0 unspecified atom stereocenters. The molecule has 23 heteroatoms. The summed E-state index contributed by atoms with van der Waals surface area (Å²) in [6.07, 6.45) is -2.04. The lowest BCUT2D eigenvalue weighted by atomic mass is 9.89. The average molecular weight is 1050 g/mol. The third-order valence-corrected chi connectivity index (χ3v) is 8.91. The lowest BCUT2D eigenvalue weighted by Gasteiger charge is -2.27. The second kappa shape index (κ2) is 26.3. The summed E-state index contributed by atoms with van der Waals surface area (Å²) in [5, 5.41) is 18.7. The summed E-state index contributed by atoms with van der Waals surface area (Å²) in [6, 6.07) is 4.98. The molecule has 0 heterocycles. The fourth-order valence-corrected chi connectivity index (χ4v) is 5.17. The van der Waals surface area contributed by atoms with Gasteiger partial charge in [0.1, 0.15) is 34.5 Å². The summed E-state index contributed by atoms with van der Waals surface area (Å²) in [7, 11) is 0. The SMILES string of the molecule is CC(C)(C)OC(=O)ON(Cc1cc(F)cc(F)c1F)C(=O)OC(C)(C)C.CCC(C)(C)C(=O)N(O)Cc1cc(F)cc(F)c1F.Fc1cc(F)c(F)c(CBr)c1.OCCc1cc(F)cc(F)c1F. The monoisotopic (exact) mass is 1050 g/mol. The molecule has 2 N–H and O–H groups in total. The number of alkyl halides is 1. The lowest BCUT2D eigenvalue weighted by molar-refractivity contribution is -0.178. The molecule has 0 aliphatic heterocycles. The second-order valence-electron chi connectivity index (χ2n) is 16.7. The number of aliphatic hydroxyl groups excluding tert-OH is 1. The predicted molar refractivity (Wildman–Crippen MR) is 224 cm³/mol. The van der Waals surface area contributed by atoms with E-state index >= 15 is 0 Å². The van der Waals surface area contributed by atoms with Crippen LogP contribution in [-0.2, 0) is 43.9 Å². The Labute approximate surface area is 392 Å². The van der Waals surface area contributed by atoms with E-state index in [1.807, 2.05) is 0 Å². The molecule has 10 nitrogen and oxygen atoms in total. The topological polar surface area (TPSA) is 126 Å². The fraction of sp³-hybridized carbons (Fsp3) is 0.400. The Morgan fingerprint density at radius 1 is 0.559 bits per heavy atom. The number of nitrogens with zero attached hydrogens (tertiary/aromatic N) is 2. The molecule has 68 heavy (non-hydrogen) atoms. The Morgan fingerprint density at radius 3 is 1.28 bits per heavy atom. The zero-order valence-corrected chi connectivity index (χ0v) is 39.6. The van der Waals surface area contributed by atoms with E-state index in [4.69, 9.17) is 19.4 Å². The predicted octanol–water partition coefficient (Wildman–Crippen LogP) is 12.6. The van der Waals surface area contributed by atoms with E-state index in [-0.39, 0.29) is 34.5 Å². The third kappa shape index (κ3) is 20.4. The molecule has 0 bridgehead atoms. The first-order chi connectivity index (χ1) is 31.2. The van der Waals surface area contributed by atoms with Gasteiger partial charge < -0.3 is 14.6 Å². The van der Waals surface area contributed by atoms with Crippen molar-refractivity contribution in [3.05, 3.63) is 141 Å². The standard InChI is InChI=1S/C17H22F3NO5.C13H16F3NO2.C8H7F3O.C7H4BrF3/c1-16(2,3)24-14(22)21(26-15(23)25-17(4,5)6)9-10-7-11(18)8-12(19)13(10)20;1-4-13(2,3)12(18)17(19)7-8-5-9(14)6-10(15)11(8)16;9-6-3-5(1-2-12)8(11)7(10)4-6;8-3-4-1-5(9)2-6(10)7(4)11/h7-8H,9H2,1-6H3;5-6,19H,4,7H2,1-3H3;3-4,12H,1-2H2;1-2H,3H2.